The summed E-state index contributed by atoms with van der Waals surface area (Å²) in [4.78, 5) is 0. The Labute approximate surface area is 192 Å². The van der Waals surface area contributed by atoms with Gasteiger partial charge in [-0.3, -0.25) is 0 Å². The summed E-state index contributed by atoms with van der Waals surface area (Å²) in [6.07, 6.45) is 12.8. The molecule has 8 rings (SSSR count). The fraction of sp³-hybridized carbons (Fsp3) is 0.148. The summed E-state index contributed by atoms with van der Waals surface area (Å²) in [7, 11) is 0. The number of furan rings is 2. The van der Waals surface area contributed by atoms with Crippen molar-refractivity contribution in [1.29, 1.82) is 0 Å². The molecule has 2 bridgehead atoms. The lowest BCUT2D eigenvalue weighted by molar-refractivity contribution is -0.732. The predicted octanol–water partition coefficient (Wildman–Crippen LogP) is 2.38. The van der Waals surface area contributed by atoms with Crippen molar-refractivity contribution >= 4 is 0 Å². The number of nitrogens with zero attached hydrogens (tertiary/aromatic N) is 2. The normalized spacial score (nSPS) is 19.8. The number of fused-ring (bicyclic) bond motifs is 1. The zero-order valence-corrected chi connectivity index (χ0v) is 18.0. The van der Waals surface area contributed by atoms with Gasteiger partial charge in [0.1, 0.15) is 30.0 Å². The molecule has 32 heavy (non-hydrogen) atoms. The van der Waals surface area contributed by atoms with Crippen molar-refractivity contribution in [3.63, 3.8) is 0 Å². The van der Waals surface area contributed by atoms with Crippen LogP contribution in [0, 0.1) is 0 Å². The quantitative estimate of drug-likeness (QED) is 0.404. The Morgan fingerprint density at radius 3 is 2.12 bits per heavy atom. The summed E-state index contributed by atoms with van der Waals surface area (Å²) in [5, 5.41) is 0. The number of benzene rings is 2. The van der Waals surface area contributed by atoms with E-state index in [-0.39, 0.29) is 29.8 Å². The van der Waals surface area contributed by atoms with Gasteiger partial charge in [-0.25, -0.2) is 4.57 Å². The zero-order valence-electron chi connectivity index (χ0n) is 17.3. The first-order valence-corrected chi connectivity index (χ1v) is 10.7. The van der Waals surface area contributed by atoms with Crippen molar-refractivity contribution in [3.8, 4) is 5.69 Å². The van der Waals surface area contributed by atoms with Crippen molar-refractivity contribution in [1.82, 2.24) is 4.57 Å². The Balaban J connectivity index is 0.00000196. The first kappa shape index (κ1) is 19.2. The molecule has 5 aromatic rings. The van der Waals surface area contributed by atoms with E-state index in [0.717, 1.165) is 6.42 Å². The molecule has 2 atom stereocenters. The van der Waals surface area contributed by atoms with Gasteiger partial charge in [-0.2, -0.15) is 4.57 Å². The van der Waals surface area contributed by atoms with Crippen LogP contribution in [0.15, 0.2) is 113 Å². The number of aromatic nitrogens is 2. The van der Waals surface area contributed by atoms with Gasteiger partial charge < -0.3 is 21.2 Å². The van der Waals surface area contributed by atoms with Crippen molar-refractivity contribution in [2.45, 2.75) is 23.8 Å². The number of hydrogen-bond donors (Lipinski definition) is 0. The molecular formula is C27H21ClN2O2. The van der Waals surface area contributed by atoms with E-state index >= 15 is 0 Å². The highest BCUT2D eigenvalue weighted by molar-refractivity contribution is 5.54. The van der Waals surface area contributed by atoms with Gasteiger partial charge >= 0.3 is 0 Å². The molecular weight excluding hydrogens is 420 g/mol. The van der Waals surface area contributed by atoms with E-state index in [1.165, 1.54) is 33.8 Å². The van der Waals surface area contributed by atoms with Gasteiger partial charge in [0.2, 0.25) is 0 Å². The molecule has 0 amide bonds. The highest BCUT2D eigenvalue weighted by atomic mass is 35.5. The smallest absolute Gasteiger partial charge is 0.271 e. The fourth-order valence-electron chi connectivity index (χ4n) is 6.03. The van der Waals surface area contributed by atoms with Crippen molar-refractivity contribution in [2.24, 2.45) is 0 Å². The van der Waals surface area contributed by atoms with E-state index < -0.39 is 0 Å². The minimum Gasteiger partial charge on any atom is -1.00 e. The van der Waals surface area contributed by atoms with E-state index in [4.69, 9.17) is 8.83 Å². The topological polar surface area (TPSA) is 35.1 Å². The molecule has 0 N–H and O–H groups in total. The van der Waals surface area contributed by atoms with Crippen LogP contribution in [-0.2, 0) is 5.41 Å². The number of halogens is 1. The summed E-state index contributed by atoms with van der Waals surface area (Å²) in [5.41, 5.74) is 6.12. The summed E-state index contributed by atoms with van der Waals surface area (Å²) in [6.45, 7) is 0. The molecule has 3 aliphatic rings. The van der Waals surface area contributed by atoms with Crippen LogP contribution in [0.3, 0.4) is 0 Å². The highest BCUT2D eigenvalue weighted by Gasteiger charge is 2.60. The number of imidazole rings is 1. The number of hydrogen-bond acceptors (Lipinski definition) is 2. The second-order valence-corrected chi connectivity index (χ2v) is 8.55. The minimum atomic E-state index is -0.260. The molecule has 1 aliphatic carbocycles. The van der Waals surface area contributed by atoms with Crippen LogP contribution in [0.1, 0.15) is 46.5 Å². The molecule has 3 aromatic heterocycles. The fourth-order valence-corrected chi connectivity index (χ4v) is 6.03. The average Bonchev–Trinajstić information content (AvgIpc) is 3.61. The Hall–Kier alpha value is -3.50. The number of para-hydroxylation sites is 1. The molecule has 0 fully saturated rings. The van der Waals surface area contributed by atoms with Gasteiger partial charge in [-0.15, -0.1) is 0 Å². The molecule has 158 valence electrons. The molecule has 4 nitrogen and oxygen atoms in total. The SMILES string of the molecule is [Cl-].c1ccc(-n2cc[n+]3c2[C@@H]2c4ccccc4[C@H]3CC2(c2ccoc2)c2ccoc2)cc1. The van der Waals surface area contributed by atoms with Gasteiger partial charge in [0.15, 0.2) is 0 Å². The molecule has 2 aliphatic heterocycles. The van der Waals surface area contributed by atoms with E-state index in [0.29, 0.717) is 0 Å². The molecule has 2 aromatic carbocycles. The molecule has 5 heteroatoms. The minimum absolute atomic E-state index is 0. The standard InChI is InChI=1S/C27H21N2O2.ClH/c1-2-6-21(7-3-1)28-12-13-29-24-16-27(19-10-14-30-17-19,20-11-15-31-18-20)25(26(28)29)23-9-5-4-8-22(23)24;/h1-15,17-18,24-25H,16H2;1H/q+1;/p-1/t24-,25+;/m1./s1. The second kappa shape index (κ2) is 7.01. The van der Waals surface area contributed by atoms with Gasteiger partial charge in [-0.1, -0.05) is 42.5 Å². The maximum absolute atomic E-state index is 5.63. The van der Waals surface area contributed by atoms with Gasteiger partial charge in [0.25, 0.3) is 5.82 Å². The van der Waals surface area contributed by atoms with E-state index in [1.807, 2.05) is 12.5 Å². The highest BCUT2D eigenvalue weighted by Crippen LogP contribution is 2.59. The molecule has 0 spiro atoms. The molecule has 0 saturated carbocycles. The van der Waals surface area contributed by atoms with Crippen LogP contribution >= 0.6 is 0 Å². The zero-order chi connectivity index (χ0) is 20.4. The van der Waals surface area contributed by atoms with Gasteiger partial charge in [-0.05, 0) is 29.8 Å². The Morgan fingerprint density at radius 2 is 1.47 bits per heavy atom. The first-order valence-electron chi connectivity index (χ1n) is 10.7. The third-order valence-electron chi connectivity index (χ3n) is 7.26. The third-order valence-corrected chi connectivity index (χ3v) is 7.26. The monoisotopic (exact) mass is 440 g/mol. The van der Waals surface area contributed by atoms with Gasteiger partial charge in [0, 0.05) is 28.5 Å². The van der Waals surface area contributed by atoms with Crippen LogP contribution in [0.4, 0.5) is 0 Å². The summed E-state index contributed by atoms with van der Waals surface area (Å²) < 4.78 is 16.1. The summed E-state index contributed by atoms with van der Waals surface area (Å²) in [5.74, 6) is 1.42. The Morgan fingerprint density at radius 1 is 0.812 bits per heavy atom. The Kier molecular flexibility index (Phi) is 4.21. The van der Waals surface area contributed by atoms with Gasteiger partial charge in [0.05, 0.1) is 25.1 Å². The molecule has 0 saturated heterocycles. The lowest BCUT2D eigenvalue weighted by Gasteiger charge is -2.49. The van der Waals surface area contributed by atoms with E-state index in [9.17, 15) is 0 Å². The largest absolute Gasteiger partial charge is 1.00 e. The van der Waals surface area contributed by atoms with Crippen LogP contribution in [0.2, 0.25) is 0 Å². The third kappa shape index (κ3) is 2.36. The van der Waals surface area contributed by atoms with Crippen LogP contribution in [0.5, 0.6) is 0 Å². The molecule has 5 heterocycles. The summed E-state index contributed by atoms with van der Waals surface area (Å²) in [6, 6.07) is 24.0. The number of rotatable bonds is 3. The summed E-state index contributed by atoms with van der Waals surface area (Å²) >= 11 is 0. The lowest BCUT2D eigenvalue weighted by Crippen LogP contribution is -3.00. The molecule has 0 unspecified atom stereocenters. The first-order chi connectivity index (χ1) is 15.4. The van der Waals surface area contributed by atoms with Crippen LogP contribution < -0.4 is 17.0 Å². The van der Waals surface area contributed by atoms with Crippen LogP contribution in [0.25, 0.3) is 5.69 Å². The van der Waals surface area contributed by atoms with Crippen molar-refractivity contribution in [2.75, 3.05) is 0 Å². The maximum Gasteiger partial charge on any atom is 0.271 e. The average molecular weight is 441 g/mol. The molecule has 0 radical (unpaired) electrons. The Bertz CT molecular complexity index is 1340. The van der Waals surface area contributed by atoms with Crippen LogP contribution in [-0.4, -0.2) is 4.57 Å². The lowest BCUT2D eigenvalue weighted by atomic mass is 9.55. The van der Waals surface area contributed by atoms with E-state index in [1.54, 1.807) is 12.5 Å². The van der Waals surface area contributed by atoms with Crippen molar-refractivity contribution < 1.29 is 25.8 Å². The second-order valence-electron chi connectivity index (χ2n) is 8.55. The van der Waals surface area contributed by atoms with E-state index in [2.05, 4.69) is 88.3 Å². The maximum atomic E-state index is 5.63. The predicted molar refractivity (Wildman–Crippen MR) is 115 cm³/mol. The van der Waals surface area contributed by atoms with Crippen molar-refractivity contribution in [3.05, 3.63) is 132 Å².